The second-order valence-corrected chi connectivity index (χ2v) is 7.68. The van der Waals surface area contributed by atoms with Crippen molar-refractivity contribution in [2.24, 2.45) is 0 Å². The van der Waals surface area contributed by atoms with Crippen molar-refractivity contribution in [3.05, 3.63) is 36.0 Å². The molecule has 9 nitrogen and oxygen atoms in total. The minimum absolute atomic E-state index is 0.155. The summed E-state index contributed by atoms with van der Waals surface area (Å²) in [5.41, 5.74) is 1.91. The van der Waals surface area contributed by atoms with Gasteiger partial charge in [-0.1, -0.05) is 18.2 Å². The monoisotopic (exact) mass is 411 g/mol. The first kappa shape index (κ1) is 19.9. The van der Waals surface area contributed by atoms with Crippen LogP contribution in [0, 0.1) is 0 Å². The number of carbonyl (C=O) groups is 4. The summed E-state index contributed by atoms with van der Waals surface area (Å²) in [5.74, 6) is -0.635. The van der Waals surface area contributed by atoms with Gasteiger partial charge >= 0.3 is 6.03 Å². The van der Waals surface area contributed by atoms with Crippen LogP contribution in [0.1, 0.15) is 24.8 Å². The molecule has 0 aliphatic carbocycles. The van der Waals surface area contributed by atoms with Gasteiger partial charge in [0.25, 0.3) is 5.91 Å². The molecule has 2 fully saturated rings. The Morgan fingerprint density at radius 3 is 2.83 bits per heavy atom. The molecule has 30 heavy (non-hydrogen) atoms. The van der Waals surface area contributed by atoms with E-state index in [9.17, 15) is 19.2 Å². The molecule has 1 atom stereocenters. The first-order chi connectivity index (χ1) is 14.5. The topological polar surface area (TPSA) is 115 Å². The van der Waals surface area contributed by atoms with E-state index in [1.54, 1.807) is 4.90 Å². The minimum Gasteiger partial charge on any atom is -0.361 e. The first-order valence-corrected chi connectivity index (χ1v) is 10.2. The van der Waals surface area contributed by atoms with Crippen molar-refractivity contribution in [2.75, 3.05) is 26.2 Å². The average molecular weight is 411 g/mol. The van der Waals surface area contributed by atoms with Crippen molar-refractivity contribution in [1.29, 1.82) is 0 Å². The molecule has 5 amide bonds. The molecule has 4 rings (SSSR count). The summed E-state index contributed by atoms with van der Waals surface area (Å²) in [7, 11) is 0. The van der Waals surface area contributed by atoms with Crippen LogP contribution in [-0.4, -0.2) is 70.8 Å². The van der Waals surface area contributed by atoms with Crippen molar-refractivity contribution in [1.82, 2.24) is 25.4 Å². The molecule has 0 radical (unpaired) electrons. The van der Waals surface area contributed by atoms with Gasteiger partial charge in [0.1, 0.15) is 12.6 Å². The lowest BCUT2D eigenvalue weighted by atomic mass is 10.1. The lowest BCUT2D eigenvalue weighted by Crippen LogP contribution is -2.42. The number of imide groups is 1. The number of hydrogen-bond donors (Lipinski definition) is 3. The molecule has 2 saturated heterocycles. The molecule has 2 aliphatic rings. The van der Waals surface area contributed by atoms with Gasteiger partial charge in [-0.15, -0.1) is 0 Å². The Balaban J connectivity index is 1.26. The number of urea groups is 1. The van der Waals surface area contributed by atoms with Crippen LogP contribution in [-0.2, 0) is 20.8 Å². The number of hydrogen-bond acceptors (Lipinski definition) is 4. The molecule has 0 spiro atoms. The number of amides is 5. The fourth-order valence-electron chi connectivity index (χ4n) is 4.02. The Bertz CT molecular complexity index is 985. The maximum absolute atomic E-state index is 12.7. The molecule has 0 unspecified atom stereocenters. The second-order valence-electron chi connectivity index (χ2n) is 7.68. The van der Waals surface area contributed by atoms with Crippen molar-refractivity contribution in [3.8, 4) is 0 Å². The summed E-state index contributed by atoms with van der Waals surface area (Å²) in [5, 5.41) is 6.40. The minimum atomic E-state index is -0.689. The molecule has 9 heteroatoms. The van der Waals surface area contributed by atoms with Gasteiger partial charge in [0.2, 0.25) is 11.8 Å². The molecule has 2 aliphatic heterocycles. The number of nitrogens with zero attached hydrogens (tertiary/aromatic N) is 2. The summed E-state index contributed by atoms with van der Waals surface area (Å²) in [6.07, 6.45) is 4.32. The highest BCUT2D eigenvalue weighted by Gasteiger charge is 2.39. The fraction of sp³-hybridized carbons (Fsp3) is 0.429. The Labute approximate surface area is 173 Å². The van der Waals surface area contributed by atoms with E-state index in [1.165, 1.54) is 0 Å². The molecule has 0 bridgehead atoms. The van der Waals surface area contributed by atoms with Crippen LogP contribution in [0.4, 0.5) is 4.79 Å². The SMILES string of the molecule is O=C(CN1C(=O)N[C@@H](Cc2c[nH]c3ccccc23)C1=O)NCCCN1CCCC1=O. The number of carbonyl (C=O) groups excluding carboxylic acids is 4. The number of para-hydroxylation sites is 1. The van der Waals surface area contributed by atoms with E-state index in [2.05, 4.69) is 15.6 Å². The second kappa shape index (κ2) is 8.56. The summed E-state index contributed by atoms with van der Waals surface area (Å²) in [6, 6.07) is 6.51. The summed E-state index contributed by atoms with van der Waals surface area (Å²) < 4.78 is 0. The molecule has 3 N–H and O–H groups in total. The van der Waals surface area contributed by atoms with Crippen LogP contribution in [0.25, 0.3) is 10.9 Å². The predicted octanol–water partition coefficient (Wildman–Crippen LogP) is 0.759. The van der Waals surface area contributed by atoms with Gasteiger partial charge in [-0.05, 0) is 24.5 Å². The highest BCUT2D eigenvalue weighted by Crippen LogP contribution is 2.21. The zero-order valence-corrected chi connectivity index (χ0v) is 16.6. The van der Waals surface area contributed by atoms with E-state index in [4.69, 9.17) is 0 Å². The van der Waals surface area contributed by atoms with Gasteiger partial charge in [-0.3, -0.25) is 19.3 Å². The number of H-pyrrole nitrogens is 1. The van der Waals surface area contributed by atoms with Crippen LogP contribution >= 0.6 is 0 Å². The lowest BCUT2D eigenvalue weighted by Gasteiger charge is -2.16. The van der Waals surface area contributed by atoms with E-state index in [0.717, 1.165) is 34.3 Å². The summed E-state index contributed by atoms with van der Waals surface area (Å²) in [6.45, 7) is 1.46. The third kappa shape index (κ3) is 4.14. The van der Waals surface area contributed by atoms with Gasteiger partial charge in [-0.25, -0.2) is 4.79 Å². The number of nitrogens with one attached hydrogen (secondary N) is 3. The zero-order chi connectivity index (χ0) is 21.1. The zero-order valence-electron chi connectivity index (χ0n) is 16.6. The third-order valence-corrected chi connectivity index (χ3v) is 5.61. The Hall–Kier alpha value is -3.36. The van der Waals surface area contributed by atoms with Crippen molar-refractivity contribution >= 4 is 34.7 Å². The highest BCUT2D eigenvalue weighted by atomic mass is 16.2. The maximum atomic E-state index is 12.7. The standard InChI is InChI=1S/C21H25N5O4/c27-18(22-8-4-10-25-9-3-7-19(25)28)13-26-20(29)17(24-21(26)30)11-14-12-23-16-6-2-1-5-15(14)16/h1-2,5-6,12,17,23H,3-4,7-11,13H2,(H,22,27)(H,24,30)/t17-/m0/s1. The molecule has 1 aromatic heterocycles. The van der Waals surface area contributed by atoms with Crippen LogP contribution in [0.3, 0.4) is 0 Å². The van der Waals surface area contributed by atoms with Gasteiger partial charge in [-0.2, -0.15) is 0 Å². The largest absolute Gasteiger partial charge is 0.361 e. The van der Waals surface area contributed by atoms with Gasteiger partial charge < -0.3 is 20.5 Å². The highest BCUT2D eigenvalue weighted by molar-refractivity contribution is 6.06. The third-order valence-electron chi connectivity index (χ3n) is 5.61. The quantitative estimate of drug-likeness (QED) is 0.439. The smallest absolute Gasteiger partial charge is 0.325 e. The van der Waals surface area contributed by atoms with Gasteiger partial charge in [0.15, 0.2) is 0 Å². The lowest BCUT2D eigenvalue weighted by molar-refractivity contribution is -0.132. The van der Waals surface area contributed by atoms with E-state index < -0.39 is 18.0 Å². The van der Waals surface area contributed by atoms with E-state index in [1.807, 2.05) is 30.5 Å². The van der Waals surface area contributed by atoms with Gasteiger partial charge in [0, 0.05) is 49.6 Å². The van der Waals surface area contributed by atoms with Crippen molar-refractivity contribution < 1.29 is 19.2 Å². The number of benzene rings is 1. The number of aromatic amines is 1. The number of aromatic nitrogens is 1. The molecule has 3 heterocycles. The van der Waals surface area contributed by atoms with Crippen molar-refractivity contribution in [2.45, 2.75) is 31.7 Å². The van der Waals surface area contributed by atoms with E-state index in [-0.39, 0.29) is 18.4 Å². The van der Waals surface area contributed by atoms with E-state index >= 15 is 0 Å². The van der Waals surface area contributed by atoms with Crippen LogP contribution in [0.15, 0.2) is 30.5 Å². The Kier molecular flexibility index (Phi) is 5.69. The van der Waals surface area contributed by atoms with Crippen LogP contribution in [0.5, 0.6) is 0 Å². The molecule has 158 valence electrons. The molecular weight excluding hydrogens is 386 g/mol. The molecule has 0 saturated carbocycles. The molecule has 2 aromatic rings. The summed E-state index contributed by atoms with van der Waals surface area (Å²) >= 11 is 0. The number of likely N-dealkylation sites (tertiary alicyclic amines) is 1. The van der Waals surface area contributed by atoms with Gasteiger partial charge in [0.05, 0.1) is 0 Å². The van der Waals surface area contributed by atoms with Crippen LogP contribution < -0.4 is 10.6 Å². The maximum Gasteiger partial charge on any atom is 0.325 e. The average Bonchev–Trinajstić information content (AvgIpc) is 3.40. The Morgan fingerprint density at radius 2 is 2.03 bits per heavy atom. The molecular formula is C21H25N5O4. The van der Waals surface area contributed by atoms with Crippen molar-refractivity contribution in [3.63, 3.8) is 0 Å². The summed E-state index contributed by atoms with van der Waals surface area (Å²) in [4.78, 5) is 54.5. The van der Waals surface area contributed by atoms with Crippen LogP contribution in [0.2, 0.25) is 0 Å². The first-order valence-electron chi connectivity index (χ1n) is 10.2. The normalized spacial score (nSPS) is 19.1. The predicted molar refractivity (Wildman–Crippen MR) is 109 cm³/mol. The van der Waals surface area contributed by atoms with E-state index in [0.29, 0.717) is 32.4 Å². The fourth-order valence-corrected chi connectivity index (χ4v) is 4.02. The number of rotatable bonds is 8. The Morgan fingerprint density at radius 1 is 1.20 bits per heavy atom. The molecule has 1 aromatic carbocycles. The number of fused-ring (bicyclic) bond motifs is 1.